The number of aliphatic hydroxyl groups is 1. The van der Waals surface area contributed by atoms with Gasteiger partial charge in [0.25, 0.3) is 0 Å². The molecule has 0 atom stereocenters. The highest BCUT2D eigenvalue weighted by atomic mass is 32.2. The molecule has 18 heavy (non-hydrogen) atoms. The maximum absolute atomic E-state index is 9.27. The van der Waals surface area contributed by atoms with E-state index in [0.29, 0.717) is 12.4 Å². The van der Waals surface area contributed by atoms with Crippen LogP contribution in [-0.2, 0) is 13.2 Å². The first-order chi connectivity index (χ1) is 8.74. The number of hydrogen-bond donors (Lipinski definition) is 2. The Hall–Kier alpha value is -1.53. The SMILES string of the molecule is CCSc1nnc(CO)n1Cc1ccc(N)cc1. The van der Waals surface area contributed by atoms with Gasteiger partial charge in [-0.05, 0) is 23.4 Å². The van der Waals surface area contributed by atoms with Crippen LogP contribution in [0.25, 0.3) is 0 Å². The second-order valence-electron chi connectivity index (χ2n) is 3.82. The highest BCUT2D eigenvalue weighted by Crippen LogP contribution is 2.18. The van der Waals surface area contributed by atoms with Gasteiger partial charge in [-0.2, -0.15) is 0 Å². The molecule has 96 valence electrons. The third kappa shape index (κ3) is 2.83. The van der Waals surface area contributed by atoms with Gasteiger partial charge in [-0.25, -0.2) is 0 Å². The molecular weight excluding hydrogens is 248 g/mol. The maximum atomic E-state index is 9.27. The molecule has 5 nitrogen and oxygen atoms in total. The summed E-state index contributed by atoms with van der Waals surface area (Å²) in [5.41, 5.74) is 7.51. The molecule has 0 bridgehead atoms. The van der Waals surface area contributed by atoms with Gasteiger partial charge in [0.1, 0.15) is 6.61 Å². The minimum absolute atomic E-state index is 0.105. The number of benzene rings is 1. The van der Waals surface area contributed by atoms with E-state index in [-0.39, 0.29) is 6.61 Å². The van der Waals surface area contributed by atoms with E-state index in [0.717, 1.165) is 22.2 Å². The van der Waals surface area contributed by atoms with Gasteiger partial charge >= 0.3 is 0 Å². The molecule has 0 unspecified atom stereocenters. The molecule has 0 saturated heterocycles. The minimum atomic E-state index is -0.105. The average molecular weight is 264 g/mol. The average Bonchev–Trinajstić information content (AvgIpc) is 2.75. The van der Waals surface area contributed by atoms with Crippen molar-refractivity contribution in [3.8, 4) is 0 Å². The Labute approximate surface area is 110 Å². The Bertz CT molecular complexity index is 509. The van der Waals surface area contributed by atoms with E-state index < -0.39 is 0 Å². The van der Waals surface area contributed by atoms with Crippen molar-refractivity contribution in [3.05, 3.63) is 35.7 Å². The van der Waals surface area contributed by atoms with E-state index in [9.17, 15) is 5.11 Å². The van der Waals surface area contributed by atoms with Gasteiger partial charge in [0.15, 0.2) is 11.0 Å². The highest BCUT2D eigenvalue weighted by Gasteiger charge is 2.11. The summed E-state index contributed by atoms with van der Waals surface area (Å²) in [4.78, 5) is 0. The predicted octanol–water partition coefficient (Wildman–Crippen LogP) is 1.51. The van der Waals surface area contributed by atoms with Gasteiger partial charge in [0.05, 0.1) is 6.54 Å². The van der Waals surface area contributed by atoms with Crippen LogP contribution in [0.3, 0.4) is 0 Å². The van der Waals surface area contributed by atoms with Gasteiger partial charge in [0.2, 0.25) is 0 Å². The molecule has 0 radical (unpaired) electrons. The lowest BCUT2D eigenvalue weighted by molar-refractivity contribution is 0.264. The normalized spacial score (nSPS) is 10.8. The van der Waals surface area contributed by atoms with Crippen molar-refractivity contribution in [2.75, 3.05) is 11.5 Å². The van der Waals surface area contributed by atoms with E-state index >= 15 is 0 Å². The number of nitrogens with two attached hydrogens (primary N) is 1. The van der Waals surface area contributed by atoms with Crippen molar-refractivity contribution in [2.45, 2.75) is 25.2 Å². The quantitative estimate of drug-likeness (QED) is 0.632. The summed E-state index contributed by atoms with van der Waals surface area (Å²) in [5, 5.41) is 18.2. The highest BCUT2D eigenvalue weighted by molar-refractivity contribution is 7.99. The van der Waals surface area contributed by atoms with Gasteiger partial charge in [-0.1, -0.05) is 30.8 Å². The molecule has 0 spiro atoms. The zero-order valence-corrected chi connectivity index (χ0v) is 11.0. The topological polar surface area (TPSA) is 77.0 Å². The molecule has 6 heteroatoms. The van der Waals surface area contributed by atoms with Crippen LogP contribution in [0.5, 0.6) is 0 Å². The monoisotopic (exact) mass is 264 g/mol. The molecule has 0 aliphatic rings. The fraction of sp³-hybridized carbons (Fsp3) is 0.333. The van der Waals surface area contributed by atoms with Crippen LogP contribution in [-0.4, -0.2) is 25.6 Å². The van der Waals surface area contributed by atoms with E-state index in [1.165, 1.54) is 0 Å². The van der Waals surface area contributed by atoms with Crippen molar-refractivity contribution < 1.29 is 5.11 Å². The van der Waals surface area contributed by atoms with Gasteiger partial charge < -0.3 is 10.8 Å². The van der Waals surface area contributed by atoms with E-state index in [4.69, 9.17) is 5.73 Å². The van der Waals surface area contributed by atoms with Crippen molar-refractivity contribution in [2.24, 2.45) is 0 Å². The first kappa shape index (κ1) is 12.9. The molecule has 0 amide bonds. The van der Waals surface area contributed by atoms with Crippen LogP contribution in [0.15, 0.2) is 29.4 Å². The minimum Gasteiger partial charge on any atom is -0.399 e. The van der Waals surface area contributed by atoms with E-state index in [2.05, 4.69) is 17.1 Å². The number of aliphatic hydroxyl groups excluding tert-OH is 1. The van der Waals surface area contributed by atoms with Gasteiger partial charge in [-0.3, -0.25) is 4.57 Å². The molecule has 0 aliphatic carbocycles. The third-order valence-corrected chi connectivity index (χ3v) is 3.38. The first-order valence-electron chi connectivity index (χ1n) is 5.74. The number of anilines is 1. The Balaban J connectivity index is 2.26. The first-order valence-corrected chi connectivity index (χ1v) is 6.73. The molecule has 1 aromatic carbocycles. The maximum Gasteiger partial charge on any atom is 0.191 e. The molecule has 0 aliphatic heterocycles. The van der Waals surface area contributed by atoms with Crippen LogP contribution < -0.4 is 5.73 Å². The van der Waals surface area contributed by atoms with Crippen LogP contribution in [0, 0.1) is 0 Å². The lowest BCUT2D eigenvalue weighted by atomic mass is 10.2. The predicted molar refractivity (Wildman–Crippen MR) is 72.3 cm³/mol. The van der Waals surface area contributed by atoms with E-state index in [1.807, 2.05) is 28.8 Å². The van der Waals surface area contributed by atoms with Crippen molar-refractivity contribution in [1.29, 1.82) is 0 Å². The standard InChI is InChI=1S/C12H16N4OS/c1-2-18-12-15-14-11(8-17)16(12)7-9-3-5-10(13)6-4-9/h3-6,17H,2,7-8,13H2,1H3. The summed E-state index contributed by atoms with van der Waals surface area (Å²) >= 11 is 1.61. The lowest BCUT2D eigenvalue weighted by Crippen LogP contribution is -2.06. The number of hydrogen-bond acceptors (Lipinski definition) is 5. The fourth-order valence-electron chi connectivity index (χ4n) is 1.64. The van der Waals surface area contributed by atoms with Crippen LogP contribution in [0.4, 0.5) is 5.69 Å². The summed E-state index contributed by atoms with van der Waals surface area (Å²) in [6.07, 6.45) is 0. The van der Waals surface area contributed by atoms with Crippen molar-refractivity contribution in [3.63, 3.8) is 0 Å². The molecule has 0 fully saturated rings. The van der Waals surface area contributed by atoms with Gasteiger partial charge in [0, 0.05) is 5.69 Å². The van der Waals surface area contributed by atoms with Crippen LogP contribution >= 0.6 is 11.8 Å². The smallest absolute Gasteiger partial charge is 0.191 e. The largest absolute Gasteiger partial charge is 0.399 e. The van der Waals surface area contributed by atoms with Crippen LogP contribution in [0.1, 0.15) is 18.3 Å². The number of thioether (sulfide) groups is 1. The summed E-state index contributed by atoms with van der Waals surface area (Å²) in [6, 6.07) is 7.67. The zero-order valence-electron chi connectivity index (χ0n) is 10.2. The second kappa shape index (κ2) is 5.88. The Kier molecular flexibility index (Phi) is 4.22. The summed E-state index contributed by atoms with van der Waals surface area (Å²) in [6.45, 7) is 2.60. The number of rotatable bonds is 5. The van der Waals surface area contributed by atoms with Crippen LogP contribution in [0.2, 0.25) is 0 Å². The molecule has 0 saturated carbocycles. The Morgan fingerprint density at radius 2 is 2.00 bits per heavy atom. The molecule has 2 aromatic rings. The Morgan fingerprint density at radius 3 is 2.61 bits per heavy atom. The summed E-state index contributed by atoms with van der Waals surface area (Å²) in [7, 11) is 0. The second-order valence-corrected chi connectivity index (χ2v) is 5.05. The van der Waals surface area contributed by atoms with Crippen molar-refractivity contribution >= 4 is 17.4 Å². The summed E-state index contributed by atoms with van der Waals surface area (Å²) in [5.74, 6) is 1.51. The van der Waals surface area contributed by atoms with Gasteiger partial charge in [-0.15, -0.1) is 10.2 Å². The number of nitrogens with zero attached hydrogens (tertiary/aromatic N) is 3. The van der Waals surface area contributed by atoms with Crippen molar-refractivity contribution in [1.82, 2.24) is 14.8 Å². The summed E-state index contributed by atoms with van der Waals surface area (Å²) < 4.78 is 1.93. The molecular formula is C12H16N4OS. The third-order valence-electron chi connectivity index (χ3n) is 2.53. The molecule has 1 heterocycles. The zero-order chi connectivity index (χ0) is 13.0. The molecule has 2 rings (SSSR count). The number of nitrogen functional groups attached to an aromatic ring is 1. The molecule has 1 aromatic heterocycles. The fourth-order valence-corrected chi connectivity index (χ4v) is 2.32. The number of aromatic nitrogens is 3. The Morgan fingerprint density at radius 1 is 1.28 bits per heavy atom. The lowest BCUT2D eigenvalue weighted by Gasteiger charge is -2.08. The molecule has 3 N–H and O–H groups in total. The van der Waals surface area contributed by atoms with E-state index in [1.54, 1.807) is 11.8 Å².